The Labute approximate surface area is 70.4 Å². The van der Waals surface area contributed by atoms with Crippen LogP contribution >= 0.6 is 0 Å². The second-order valence-electron chi connectivity index (χ2n) is 2.83. The second-order valence-corrected chi connectivity index (χ2v) is 2.83. The summed E-state index contributed by atoms with van der Waals surface area (Å²) in [6, 6.07) is -0.252. The molecule has 5 heteroatoms. The van der Waals surface area contributed by atoms with E-state index >= 15 is 0 Å². The zero-order chi connectivity index (χ0) is 9.14. The van der Waals surface area contributed by atoms with E-state index in [9.17, 15) is 9.59 Å². The number of hydrogen-bond acceptors (Lipinski definition) is 3. The number of hydrogen-bond donors (Lipinski definition) is 2. The Hall–Kier alpha value is -1.10. The minimum Gasteiger partial charge on any atom is -0.480 e. The van der Waals surface area contributed by atoms with Gasteiger partial charge in [0.1, 0.15) is 6.54 Å². The van der Waals surface area contributed by atoms with Crippen LogP contribution in [0.15, 0.2) is 0 Å². The highest BCUT2D eigenvalue weighted by molar-refractivity contribution is 5.85. The summed E-state index contributed by atoms with van der Waals surface area (Å²) in [4.78, 5) is 22.9. The van der Waals surface area contributed by atoms with Gasteiger partial charge in [0.25, 0.3) is 0 Å². The molecule has 0 bridgehead atoms. The Balaban J connectivity index is 2.52. The third-order valence-electron chi connectivity index (χ3n) is 1.84. The number of rotatable bonds is 2. The van der Waals surface area contributed by atoms with Gasteiger partial charge in [0, 0.05) is 13.1 Å². The standard InChI is InChI=1S/C7H12N2O3/c1-5-7(12)9(3-2-8-5)4-6(10)11/h5,8H,2-4H2,1H3,(H,10,11)/t5-/m1/s1. The molecule has 0 aromatic heterocycles. The number of carboxylic acid groups (broad SMARTS) is 1. The van der Waals surface area contributed by atoms with Crippen molar-refractivity contribution in [3.05, 3.63) is 0 Å². The molecule has 1 fully saturated rings. The number of piperazine rings is 1. The number of aliphatic carboxylic acids is 1. The third-order valence-corrected chi connectivity index (χ3v) is 1.84. The van der Waals surface area contributed by atoms with Gasteiger partial charge in [-0.05, 0) is 6.92 Å². The van der Waals surface area contributed by atoms with Crippen LogP contribution in [0.5, 0.6) is 0 Å². The smallest absolute Gasteiger partial charge is 0.323 e. The van der Waals surface area contributed by atoms with Gasteiger partial charge in [0.15, 0.2) is 0 Å². The van der Waals surface area contributed by atoms with Crippen LogP contribution in [0.4, 0.5) is 0 Å². The molecular weight excluding hydrogens is 160 g/mol. The molecule has 1 amide bonds. The number of amides is 1. The SMILES string of the molecule is C[C@H]1NCCN(CC(=O)O)C1=O. The fraction of sp³-hybridized carbons (Fsp3) is 0.714. The topological polar surface area (TPSA) is 69.6 Å². The predicted molar refractivity (Wildman–Crippen MR) is 41.7 cm³/mol. The van der Waals surface area contributed by atoms with E-state index in [4.69, 9.17) is 5.11 Å². The Morgan fingerprint density at radius 1 is 1.83 bits per heavy atom. The third kappa shape index (κ3) is 1.94. The van der Waals surface area contributed by atoms with Gasteiger partial charge in [-0.1, -0.05) is 0 Å². The predicted octanol–water partition coefficient (Wildman–Crippen LogP) is -1.11. The fourth-order valence-corrected chi connectivity index (χ4v) is 1.21. The first-order valence-corrected chi connectivity index (χ1v) is 3.85. The van der Waals surface area contributed by atoms with Crippen molar-refractivity contribution in [2.24, 2.45) is 0 Å². The summed E-state index contributed by atoms with van der Waals surface area (Å²) in [5.41, 5.74) is 0. The molecule has 0 saturated carbocycles. The molecule has 68 valence electrons. The average Bonchev–Trinajstić information content (AvgIpc) is 1.98. The quantitative estimate of drug-likeness (QED) is 0.554. The van der Waals surface area contributed by atoms with Crippen molar-refractivity contribution in [2.45, 2.75) is 13.0 Å². The highest BCUT2D eigenvalue weighted by Gasteiger charge is 2.25. The van der Waals surface area contributed by atoms with E-state index < -0.39 is 5.97 Å². The van der Waals surface area contributed by atoms with E-state index in [1.54, 1.807) is 6.92 Å². The van der Waals surface area contributed by atoms with Gasteiger partial charge in [-0.25, -0.2) is 0 Å². The highest BCUT2D eigenvalue weighted by Crippen LogP contribution is 1.99. The van der Waals surface area contributed by atoms with Gasteiger partial charge in [0.05, 0.1) is 6.04 Å². The summed E-state index contributed by atoms with van der Waals surface area (Å²) >= 11 is 0. The minimum atomic E-state index is -0.961. The molecule has 0 aromatic rings. The van der Waals surface area contributed by atoms with Crippen molar-refractivity contribution in [1.29, 1.82) is 0 Å². The normalized spacial score (nSPS) is 24.2. The Kier molecular flexibility index (Phi) is 2.65. The summed E-state index contributed by atoms with van der Waals surface area (Å²) in [5.74, 6) is -1.10. The van der Waals surface area contributed by atoms with Gasteiger partial charge in [-0.2, -0.15) is 0 Å². The molecule has 5 nitrogen and oxygen atoms in total. The van der Waals surface area contributed by atoms with Crippen LogP contribution in [0.3, 0.4) is 0 Å². The molecule has 1 saturated heterocycles. The van der Waals surface area contributed by atoms with E-state index in [1.165, 1.54) is 4.90 Å². The molecule has 1 aliphatic heterocycles. The van der Waals surface area contributed by atoms with E-state index in [0.717, 1.165) is 0 Å². The van der Waals surface area contributed by atoms with E-state index in [-0.39, 0.29) is 18.5 Å². The van der Waals surface area contributed by atoms with Crippen molar-refractivity contribution in [1.82, 2.24) is 10.2 Å². The molecule has 2 N–H and O–H groups in total. The van der Waals surface area contributed by atoms with Crippen LogP contribution in [0, 0.1) is 0 Å². The number of nitrogens with one attached hydrogen (secondary N) is 1. The van der Waals surface area contributed by atoms with Crippen molar-refractivity contribution in [3.8, 4) is 0 Å². The average molecular weight is 172 g/mol. The summed E-state index contributed by atoms with van der Waals surface area (Å²) < 4.78 is 0. The molecule has 1 atom stereocenters. The molecule has 1 aliphatic rings. The first-order chi connectivity index (χ1) is 5.61. The largest absolute Gasteiger partial charge is 0.480 e. The molecular formula is C7H12N2O3. The van der Waals surface area contributed by atoms with Gasteiger partial charge in [-0.3, -0.25) is 9.59 Å². The summed E-state index contributed by atoms with van der Waals surface area (Å²) in [6.07, 6.45) is 0. The van der Waals surface area contributed by atoms with Crippen LogP contribution in [-0.2, 0) is 9.59 Å². The van der Waals surface area contributed by atoms with Crippen molar-refractivity contribution >= 4 is 11.9 Å². The first kappa shape index (κ1) is 8.99. The zero-order valence-electron chi connectivity index (χ0n) is 6.91. The summed E-state index contributed by atoms with van der Waals surface area (Å²) in [7, 11) is 0. The molecule has 0 aliphatic carbocycles. The minimum absolute atomic E-state index is 0.136. The van der Waals surface area contributed by atoms with E-state index in [0.29, 0.717) is 13.1 Å². The van der Waals surface area contributed by atoms with E-state index in [1.807, 2.05) is 0 Å². The molecule has 0 radical (unpaired) electrons. The first-order valence-electron chi connectivity index (χ1n) is 3.85. The molecule has 0 aromatic carbocycles. The van der Waals surface area contributed by atoms with Crippen molar-refractivity contribution in [2.75, 3.05) is 19.6 Å². The second kappa shape index (κ2) is 3.53. The molecule has 12 heavy (non-hydrogen) atoms. The molecule has 1 rings (SSSR count). The Morgan fingerprint density at radius 2 is 2.50 bits per heavy atom. The van der Waals surface area contributed by atoms with E-state index in [2.05, 4.69) is 5.32 Å². The van der Waals surface area contributed by atoms with Gasteiger partial charge in [0.2, 0.25) is 5.91 Å². The Morgan fingerprint density at radius 3 is 3.08 bits per heavy atom. The fourth-order valence-electron chi connectivity index (χ4n) is 1.21. The summed E-state index contributed by atoms with van der Waals surface area (Å²) in [6.45, 7) is 2.69. The van der Waals surface area contributed by atoms with Crippen molar-refractivity contribution < 1.29 is 14.7 Å². The van der Waals surface area contributed by atoms with Crippen LogP contribution < -0.4 is 5.32 Å². The lowest BCUT2D eigenvalue weighted by Crippen LogP contribution is -2.54. The zero-order valence-corrected chi connectivity index (χ0v) is 6.91. The van der Waals surface area contributed by atoms with Gasteiger partial charge >= 0.3 is 5.97 Å². The van der Waals surface area contributed by atoms with Crippen LogP contribution in [-0.4, -0.2) is 47.6 Å². The lowest BCUT2D eigenvalue weighted by molar-refractivity contribution is -0.146. The van der Waals surface area contributed by atoms with Gasteiger partial charge < -0.3 is 15.3 Å². The maximum absolute atomic E-state index is 11.3. The maximum Gasteiger partial charge on any atom is 0.323 e. The number of carbonyl (C=O) groups is 2. The maximum atomic E-state index is 11.3. The van der Waals surface area contributed by atoms with Crippen molar-refractivity contribution in [3.63, 3.8) is 0 Å². The Bertz CT molecular complexity index is 205. The lowest BCUT2D eigenvalue weighted by Gasteiger charge is -2.29. The van der Waals surface area contributed by atoms with Crippen LogP contribution in [0.2, 0.25) is 0 Å². The van der Waals surface area contributed by atoms with Gasteiger partial charge in [-0.15, -0.1) is 0 Å². The lowest BCUT2D eigenvalue weighted by atomic mass is 10.2. The molecule has 1 heterocycles. The summed E-state index contributed by atoms with van der Waals surface area (Å²) in [5, 5.41) is 11.4. The number of nitrogens with zero attached hydrogens (tertiary/aromatic N) is 1. The monoisotopic (exact) mass is 172 g/mol. The molecule has 0 spiro atoms. The number of carbonyl (C=O) groups excluding carboxylic acids is 1. The number of carboxylic acids is 1. The van der Waals surface area contributed by atoms with Crippen LogP contribution in [0.1, 0.15) is 6.92 Å². The highest BCUT2D eigenvalue weighted by atomic mass is 16.4. The van der Waals surface area contributed by atoms with Crippen LogP contribution in [0.25, 0.3) is 0 Å². The molecule has 0 unspecified atom stereocenters.